The predicted molar refractivity (Wildman–Crippen MR) is 155 cm³/mol. The summed E-state index contributed by atoms with van der Waals surface area (Å²) >= 11 is 0. The lowest BCUT2D eigenvalue weighted by Crippen LogP contribution is -2.51. The molecule has 0 saturated heterocycles. The fraction of sp³-hybridized carbons (Fsp3) is 0.290. The van der Waals surface area contributed by atoms with Gasteiger partial charge in [0, 0.05) is 51.3 Å². The normalized spacial score (nSPS) is 16.5. The van der Waals surface area contributed by atoms with Gasteiger partial charge in [-0.2, -0.15) is 0 Å². The molecule has 0 aliphatic carbocycles. The zero-order valence-electron chi connectivity index (χ0n) is 22.5. The minimum Gasteiger partial charge on any atom is -0.494 e. The molecule has 1 amide bonds. The Morgan fingerprint density at radius 2 is 1.82 bits per heavy atom. The maximum Gasteiger partial charge on any atom is 0.266 e. The van der Waals surface area contributed by atoms with E-state index in [1.54, 1.807) is 0 Å². The zero-order chi connectivity index (χ0) is 27.5. The van der Waals surface area contributed by atoms with E-state index in [1.807, 2.05) is 110 Å². The van der Waals surface area contributed by atoms with E-state index in [1.165, 1.54) is 0 Å². The van der Waals surface area contributed by atoms with Crippen LogP contribution in [-0.2, 0) is 16.1 Å². The molecule has 0 fully saturated rings. The average Bonchev–Trinajstić information content (AvgIpc) is 3.40. The SMILES string of the molecule is CN(C)c1ccc(CNNC(=O)[C@]2(C/C=C/c3ccccc3)COC(c3ccc(OCCCO)cc3)=N2)cc1. The molecule has 204 valence electrons. The Morgan fingerprint density at radius 3 is 2.51 bits per heavy atom. The molecule has 0 radical (unpaired) electrons. The molecule has 1 aliphatic rings. The van der Waals surface area contributed by atoms with Gasteiger partial charge in [0.1, 0.15) is 12.4 Å². The van der Waals surface area contributed by atoms with Gasteiger partial charge in [0.2, 0.25) is 5.90 Å². The highest BCUT2D eigenvalue weighted by Crippen LogP contribution is 2.28. The number of rotatable bonds is 13. The van der Waals surface area contributed by atoms with E-state index in [0.717, 1.165) is 22.4 Å². The second-order valence-corrected chi connectivity index (χ2v) is 9.57. The van der Waals surface area contributed by atoms with Gasteiger partial charge in [-0.3, -0.25) is 10.2 Å². The first-order valence-electron chi connectivity index (χ1n) is 13.1. The largest absolute Gasteiger partial charge is 0.494 e. The summed E-state index contributed by atoms with van der Waals surface area (Å²) in [6.07, 6.45) is 4.89. The lowest BCUT2D eigenvalue weighted by atomic mass is 9.95. The van der Waals surface area contributed by atoms with Crippen molar-refractivity contribution in [3.8, 4) is 5.75 Å². The molecule has 3 N–H and O–H groups in total. The Kier molecular flexibility index (Phi) is 9.72. The minimum absolute atomic E-state index is 0.0865. The molecule has 3 aromatic rings. The maximum absolute atomic E-state index is 13.5. The summed E-state index contributed by atoms with van der Waals surface area (Å²) < 4.78 is 11.6. The Hall–Kier alpha value is -4.14. The third-order valence-corrected chi connectivity index (χ3v) is 6.37. The van der Waals surface area contributed by atoms with Crippen LogP contribution in [0.4, 0.5) is 5.69 Å². The molecule has 1 heterocycles. The smallest absolute Gasteiger partial charge is 0.266 e. The molecule has 0 bridgehead atoms. The third-order valence-electron chi connectivity index (χ3n) is 6.37. The second-order valence-electron chi connectivity index (χ2n) is 9.57. The zero-order valence-corrected chi connectivity index (χ0v) is 22.5. The molecule has 8 heteroatoms. The van der Waals surface area contributed by atoms with Crippen molar-refractivity contribution in [2.75, 3.05) is 38.8 Å². The second kappa shape index (κ2) is 13.6. The van der Waals surface area contributed by atoms with Gasteiger partial charge in [0.15, 0.2) is 5.54 Å². The molecule has 0 aromatic heterocycles. The molecule has 39 heavy (non-hydrogen) atoms. The van der Waals surface area contributed by atoms with E-state index in [9.17, 15) is 4.79 Å². The first-order valence-corrected chi connectivity index (χ1v) is 13.1. The number of hydrazine groups is 1. The summed E-state index contributed by atoms with van der Waals surface area (Å²) in [6.45, 7) is 1.13. The van der Waals surface area contributed by atoms with Crippen LogP contribution in [0.3, 0.4) is 0 Å². The van der Waals surface area contributed by atoms with Gasteiger partial charge in [-0.25, -0.2) is 10.4 Å². The van der Waals surface area contributed by atoms with Crippen LogP contribution in [0.5, 0.6) is 5.75 Å². The molecule has 1 aliphatic heterocycles. The Bertz CT molecular complexity index is 1260. The predicted octanol–water partition coefficient (Wildman–Crippen LogP) is 3.95. The lowest BCUT2D eigenvalue weighted by molar-refractivity contribution is -0.127. The van der Waals surface area contributed by atoms with E-state index in [-0.39, 0.29) is 19.1 Å². The van der Waals surface area contributed by atoms with Gasteiger partial charge in [-0.1, -0.05) is 54.6 Å². The lowest BCUT2D eigenvalue weighted by Gasteiger charge is -2.22. The summed E-state index contributed by atoms with van der Waals surface area (Å²) in [5, 5.41) is 8.94. The van der Waals surface area contributed by atoms with Crippen LogP contribution < -0.4 is 20.5 Å². The summed E-state index contributed by atoms with van der Waals surface area (Å²) in [6, 6.07) is 25.5. The van der Waals surface area contributed by atoms with Gasteiger partial charge in [-0.05, 0) is 47.5 Å². The number of carbonyl (C=O) groups is 1. The number of hydrogen-bond acceptors (Lipinski definition) is 7. The fourth-order valence-electron chi connectivity index (χ4n) is 4.07. The van der Waals surface area contributed by atoms with Crippen molar-refractivity contribution in [3.63, 3.8) is 0 Å². The van der Waals surface area contributed by atoms with Gasteiger partial charge in [0.05, 0.1) is 6.61 Å². The van der Waals surface area contributed by atoms with Crippen molar-refractivity contribution in [1.82, 2.24) is 10.9 Å². The monoisotopic (exact) mass is 528 g/mol. The number of aliphatic hydroxyl groups excluding tert-OH is 1. The van der Waals surface area contributed by atoms with Crippen LogP contribution in [-0.4, -0.2) is 56.4 Å². The molecule has 8 nitrogen and oxygen atoms in total. The number of amides is 1. The summed E-state index contributed by atoms with van der Waals surface area (Å²) in [5.74, 6) is 0.854. The molecular formula is C31H36N4O4. The number of hydrogen-bond donors (Lipinski definition) is 3. The van der Waals surface area contributed by atoms with Gasteiger partial charge >= 0.3 is 0 Å². The highest BCUT2D eigenvalue weighted by molar-refractivity contribution is 6.00. The van der Waals surface area contributed by atoms with E-state index in [4.69, 9.17) is 19.6 Å². The average molecular weight is 529 g/mol. The summed E-state index contributed by atoms with van der Waals surface area (Å²) in [5.41, 5.74) is 8.76. The quantitative estimate of drug-likeness (QED) is 0.230. The van der Waals surface area contributed by atoms with Crippen LogP contribution in [0.15, 0.2) is 89.9 Å². The van der Waals surface area contributed by atoms with Crippen molar-refractivity contribution in [2.24, 2.45) is 4.99 Å². The topological polar surface area (TPSA) is 95.4 Å². The standard InChI is InChI=1S/C31H36N4O4/c1-35(2)27-15-11-25(12-16-27)22-32-34-30(37)31(19-6-10-24-8-4-3-5-9-24)23-39-29(33-31)26-13-17-28(18-14-26)38-21-7-20-36/h3-6,8-18,32,36H,7,19-23H2,1-2H3,(H,34,37)/b10-6+/t31-/m0/s1. The summed E-state index contributed by atoms with van der Waals surface area (Å²) in [7, 11) is 4.00. The van der Waals surface area contributed by atoms with Crippen molar-refractivity contribution >= 4 is 23.6 Å². The Balaban J connectivity index is 1.46. The Labute approximate surface area is 230 Å². The van der Waals surface area contributed by atoms with Gasteiger partial charge < -0.3 is 19.5 Å². The number of aliphatic imine (C=N–C) groups is 1. The number of nitrogens with one attached hydrogen (secondary N) is 2. The number of nitrogens with zero attached hydrogens (tertiary/aromatic N) is 2. The molecule has 1 atom stereocenters. The van der Waals surface area contributed by atoms with Crippen molar-refractivity contribution in [2.45, 2.75) is 24.9 Å². The first kappa shape index (κ1) is 27.9. The van der Waals surface area contributed by atoms with Crippen LogP contribution >= 0.6 is 0 Å². The van der Waals surface area contributed by atoms with E-state index >= 15 is 0 Å². The van der Waals surface area contributed by atoms with E-state index in [2.05, 4.69) is 10.9 Å². The molecule has 3 aromatic carbocycles. The number of anilines is 1. The molecular weight excluding hydrogens is 492 g/mol. The highest BCUT2D eigenvalue weighted by atomic mass is 16.5. The molecule has 0 saturated carbocycles. The number of aliphatic hydroxyl groups is 1. The van der Waals surface area contributed by atoms with Crippen molar-refractivity contribution < 1.29 is 19.4 Å². The number of carbonyl (C=O) groups excluding carboxylic acids is 1. The number of ether oxygens (including phenoxy) is 2. The maximum atomic E-state index is 13.5. The summed E-state index contributed by atoms with van der Waals surface area (Å²) in [4.78, 5) is 20.3. The van der Waals surface area contributed by atoms with Crippen LogP contribution in [0, 0.1) is 0 Å². The molecule has 0 unspecified atom stereocenters. The van der Waals surface area contributed by atoms with E-state index in [0.29, 0.717) is 37.6 Å². The van der Waals surface area contributed by atoms with Gasteiger partial charge in [-0.15, -0.1) is 0 Å². The number of benzene rings is 3. The van der Waals surface area contributed by atoms with Gasteiger partial charge in [0.25, 0.3) is 5.91 Å². The first-order chi connectivity index (χ1) is 19.0. The van der Waals surface area contributed by atoms with E-state index < -0.39 is 5.54 Å². The molecule has 4 rings (SSSR count). The fourth-order valence-corrected chi connectivity index (χ4v) is 4.07. The highest BCUT2D eigenvalue weighted by Gasteiger charge is 2.43. The van der Waals surface area contributed by atoms with Crippen molar-refractivity contribution in [3.05, 3.63) is 102 Å². The third kappa shape index (κ3) is 7.69. The molecule has 0 spiro atoms. The minimum atomic E-state index is -1.11. The van der Waals surface area contributed by atoms with Crippen LogP contribution in [0.25, 0.3) is 6.08 Å². The van der Waals surface area contributed by atoms with Crippen LogP contribution in [0.1, 0.15) is 29.5 Å². The Morgan fingerprint density at radius 1 is 1.08 bits per heavy atom. The van der Waals surface area contributed by atoms with Crippen molar-refractivity contribution in [1.29, 1.82) is 0 Å². The van der Waals surface area contributed by atoms with Crippen LogP contribution in [0.2, 0.25) is 0 Å².